The summed E-state index contributed by atoms with van der Waals surface area (Å²) < 4.78 is 0. The minimum Gasteiger partial charge on any atom is -0.319 e. The van der Waals surface area contributed by atoms with E-state index in [9.17, 15) is 0 Å². The van der Waals surface area contributed by atoms with Gasteiger partial charge in [0.05, 0.1) is 0 Å². The Labute approximate surface area is 62.4 Å². The quantitative estimate of drug-likeness (QED) is 0.573. The van der Waals surface area contributed by atoms with E-state index in [4.69, 9.17) is 0 Å². The van der Waals surface area contributed by atoms with Crippen molar-refractivity contribution in [2.45, 2.75) is 12.8 Å². The van der Waals surface area contributed by atoms with Crippen LogP contribution in [0.25, 0.3) is 0 Å². The monoisotopic (exact) mass is 140 g/mol. The second-order valence-electron chi connectivity index (χ2n) is 3.94. The molecule has 0 radical (unpaired) electrons. The molecule has 2 nitrogen and oxygen atoms in total. The normalized spacial score (nSPS) is 29.7. The van der Waals surface area contributed by atoms with Crippen LogP contribution in [0, 0.1) is 11.3 Å². The summed E-state index contributed by atoms with van der Waals surface area (Å²) in [6, 6.07) is 0. The van der Waals surface area contributed by atoms with Gasteiger partial charge in [-0.15, -0.1) is 0 Å². The lowest BCUT2D eigenvalue weighted by molar-refractivity contribution is 0.00195. The van der Waals surface area contributed by atoms with Crippen molar-refractivity contribution in [2.24, 2.45) is 11.3 Å². The van der Waals surface area contributed by atoms with Crippen molar-refractivity contribution >= 4 is 0 Å². The van der Waals surface area contributed by atoms with Crippen LogP contribution >= 0.6 is 0 Å². The maximum Gasteiger partial charge on any atom is 0.00204 e. The van der Waals surface area contributed by atoms with E-state index in [1.165, 1.54) is 32.5 Å². The average molecular weight is 140 g/mol. The second kappa shape index (κ2) is 2.21. The summed E-state index contributed by atoms with van der Waals surface area (Å²) in [5.41, 5.74) is 0.765. The van der Waals surface area contributed by atoms with E-state index in [0.717, 1.165) is 11.3 Å². The summed E-state index contributed by atoms with van der Waals surface area (Å²) >= 11 is 0. The Morgan fingerprint density at radius 2 is 2.20 bits per heavy atom. The van der Waals surface area contributed by atoms with Crippen molar-refractivity contribution in [1.29, 1.82) is 0 Å². The number of hydrogen-bond acceptors (Lipinski definition) is 2. The summed E-state index contributed by atoms with van der Waals surface area (Å²) in [4.78, 5) is 0. The van der Waals surface area contributed by atoms with Crippen molar-refractivity contribution < 1.29 is 0 Å². The Morgan fingerprint density at radius 1 is 1.50 bits per heavy atom. The van der Waals surface area contributed by atoms with E-state index in [1.54, 1.807) is 0 Å². The van der Waals surface area contributed by atoms with Gasteiger partial charge in [-0.25, -0.2) is 0 Å². The van der Waals surface area contributed by atoms with Gasteiger partial charge < -0.3 is 10.6 Å². The molecule has 1 heterocycles. The van der Waals surface area contributed by atoms with Crippen LogP contribution in [0.3, 0.4) is 0 Å². The molecule has 2 fully saturated rings. The van der Waals surface area contributed by atoms with E-state index in [0.29, 0.717) is 0 Å². The Morgan fingerprint density at radius 3 is 2.60 bits per heavy atom. The lowest BCUT2D eigenvalue weighted by Gasteiger charge is -2.54. The topological polar surface area (TPSA) is 24.1 Å². The smallest absolute Gasteiger partial charge is 0.00204 e. The molecule has 0 atom stereocenters. The highest BCUT2D eigenvalue weighted by Gasteiger charge is 2.47. The summed E-state index contributed by atoms with van der Waals surface area (Å²) in [6.07, 6.45) is 2.92. The maximum absolute atomic E-state index is 3.35. The van der Waals surface area contributed by atoms with E-state index in [-0.39, 0.29) is 0 Å². The van der Waals surface area contributed by atoms with Gasteiger partial charge in [0.2, 0.25) is 0 Å². The molecule has 2 rings (SSSR count). The molecule has 1 saturated heterocycles. The van der Waals surface area contributed by atoms with Crippen LogP contribution in [0.4, 0.5) is 0 Å². The van der Waals surface area contributed by atoms with Crippen LogP contribution in [0.15, 0.2) is 0 Å². The van der Waals surface area contributed by atoms with Crippen LogP contribution < -0.4 is 10.6 Å². The number of rotatable bonds is 2. The van der Waals surface area contributed by atoms with Gasteiger partial charge in [-0.1, -0.05) is 0 Å². The molecule has 1 spiro atoms. The third-order valence-corrected chi connectivity index (χ3v) is 2.94. The third kappa shape index (κ3) is 0.867. The van der Waals surface area contributed by atoms with Crippen LogP contribution in [-0.2, 0) is 0 Å². The molecular formula is C8H16N2. The van der Waals surface area contributed by atoms with Gasteiger partial charge >= 0.3 is 0 Å². The van der Waals surface area contributed by atoms with E-state index < -0.39 is 0 Å². The van der Waals surface area contributed by atoms with E-state index in [2.05, 4.69) is 10.6 Å². The zero-order valence-electron chi connectivity index (χ0n) is 6.61. The highest BCUT2D eigenvalue weighted by atomic mass is 15.0. The molecule has 2 heteroatoms. The Kier molecular flexibility index (Phi) is 1.46. The predicted molar refractivity (Wildman–Crippen MR) is 42.0 cm³/mol. The van der Waals surface area contributed by atoms with Gasteiger partial charge in [-0.3, -0.25) is 0 Å². The zero-order chi connectivity index (χ0) is 7.03. The van der Waals surface area contributed by atoms with Crippen LogP contribution in [0.1, 0.15) is 12.8 Å². The fraction of sp³-hybridized carbons (Fsp3) is 1.00. The van der Waals surface area contributed by atoms with Crippen molar-refractivity contribution in [2.75, 3.05) is 26.7 Å². The highest BCUT2D eigenvalue weighted by molar-refractivity contribution is 5.02. The number of nitrogens with one attached hydrogen (secondary N) is 2. The molecule has 10 heavy (non-hydrogen) atoms. The fourth-order valence-corrected chi connectivity index (χ4v) is 2.37. The predicted octanol–water partition coefficient (Wildman–Crippen LogP) is 0.205. The van der Waals surface area contributed by atoms with Crippen LogP contribution in [0.5, 0.6) is 0 Å². The van der Waals surface area contributed by atoms with Gasteiger partial charge in [0.15, 0.2) is 0 Å². The molecule has 2 N–H and O–H groups in total. The van der Waals surface area contributed by atoms with Crippen molar-refractivity contribution in [3.05, 3.63) is 0 Å². The molecule has 1 saturated carbocycles. The first-order valence-electron chi connectivity index (χ1n) is 4.20. The van der Waals surface area contributed by atoms with Gasteiger partial charge in [-0.2, -0.15) is 0 Å². The molecule has 0 amide bonds. The average Bonchev–Trinajstić information content (AvgIpc) is 1.72. The van der Waals surface area contributed by atoms with Crippen LogP contribution in [0.2, 0.25) is 0 Å². The summed E-state index contributed by atoms with van der Waals surface area (Å²) in [7, 11) is 2.05. The van der Waals surface area contributed by atoms with Crippen molar-refractivity contribution in [1.82, 2.24) is 10.6 Å². The first kappa shape index (κ1) is 6.62. The zero-order valence-corrected chi connectivity index (χ0v) is 6.61. The molecule has 2 aliphatic rings. The van der Waals surface area contributed by atoms with Gasteiger partial charge in [-0.05, 0) is 37.8 Å². The molecule has 1 aliphatic heterocycles. The minimum atomic E-state index is 0.765. The molecular weight excluding hydrogens is 124 g/mol. The minimum absolute atomic E-state index is 0.765. The fourth-order valence-electron chi connectivity index (χ4n) is 2.37. The third-order valence-electron chi connectivity index (χ3n) is 2.94. The van der Waals surface area contributed by atoms with Crippen LogP contribution in [-0.4, -0.2) is 26.7 Å². The van der Waals surface area contributed by atoms with Gasteiger partial charge in [0, 0.05) is 13.1 Å². The first-order chi connectivity index (χ1) is 4.85. The molecule has 0 bridgehead atoms. The highest BCUT2D eigenvalue weighted by Crippen LogP contribution is 2.47. The lowest BCUT2D eigenvalue weighted by atomic mass is 9.58. The van der Waals surface area contributed by atoms with Crippen molar-refractivity contribution in [3.63, 3.8) is 0 Å². The van der Waals surface area contributed by atoms with E-state index >= 15 is 0 Å². The maximum atomic E-state index is 3.35. The Bertz CT molecular complexity index is 121. The molecule has 0 aromatic heterocycles. The molecule has 58 valence electrons. The first-order valence-corrected chi connectivity index (χ1v) is 4.20. The molecule has 1 aliphatic carbocycles. The van der Waals surface area contributed by atoms with Gasteiger partial charge in [0.25, 0.3) is 0 Å². The van der Waals surface area contributed by atoms with Gasteiger partial charge in [0.1, 0.15) is 0 Å². The Balaban J connectivity index is 1.72. The van der Waals surface area contributed by atoms with E-state index in [1.807, 2.05) is 7.05 Å². The summed E-state index contributed by atoms with van der Waals surface area (Å²) in [5.74, 6) is 0.979. The standard InChI is InChI=1S/C8H16N2/c1-9-4-7-2-8(3-7)5-10-6-8/h7,9-10H,2-6H2,1H3. The second-order valence-corrected chi connectivity index (χ2v) is 3.94. The van der Waals surface area contributed by atoms with Crippen molar-refractivity contribution in [3.8, 4) is 0 Å². The number of hydrogen-bond donors (Lipinski definition) is 2. The summed E-state index contributed by atoms with van der Waals surface area (Å²) in [6.45, 7) is 3.79. The SMILES string of the molecule is CNCC1CC2(CNC2)C1. The molecule has 0 unspecified atom stereocenters. The lowest BCUT2D eigenvalue weighted by Crippen LogP contribution is -2.61. The largest absolute Gasteiger partial charge is 0.319 e. The summed E-state index contributed by atoms with van der Waals surface area (Å²) in [5, 5.41) is 6.58. The molecule has 0 aromatic rings. The Hall–Kier alpha value is -0.0800. The molecule has 0 aromatic carbocycles.